The number of carbonyl (C=O) groups is 2. The highest BCUT2D eigenvalue weighted by Crippen LogP contribution is 2.31. The molecule has 1 aromatic heterocycles. The van der Waals surface area contributed by atoms with Gasteiger partial charge in [0.15, 0.2) is 22.9 Å². The Kier molecular flexibility index (Phi) is 9.63. The van der Waals surface area contributed by atoms with E-state index in [2.05, 4.69) is 10.3 Å². The number of hydrogen-bond donors (Lipinski definition) is 1. The van der Waals surface area contributed by atoms with Gasteiger partial charge in [0.2, 0.25) is 0 Å². The van der Waals surface area contributed by atoms with Crippen molar-refractivity contribution in [3.63, 3.8) is 0 Å². The highest BCUT2D eigenvalue weighted by molar-refractivity contribution is 7.07. The molecule has 0 bridgehead atoms. The number of nitrogens with one attached hydrogen (secondary N) is 1. The molecule has 0 fully saturated rings. The first kappa shape index (κ1) is 31.5. The minimum Gasteiger partial charge on any atom is -0.490 e. The summed E-state index contributed by atoms with van der Waals surface area (Å²) in [5.41, 5.74) is 4.92. The maximum absolute atomic E-state index is 13.9. The van der Waals surface area contributed by atoms with Gasteiger partial charge < -0.3 is 19.5 Å². The van der Waals surface area contributed by atoms with E-state index in [1.54, 1.807) is 42.7 Å². The summed E-state index contributed by atoms with van der Waals surface area (Å²) in [6.07, 6.45) is 1.76. The standard InChI is InChI=1S/C35H35N3O6S/c1-6-42-28-18-24(12-17-27(28)44-20-30(39)37-26-15-10-22(4)11-16-26)19-29-33(40)38-32(25-13-8-21(3)9-14-25)31(34(41)43-7-2)23(5)36-35(38)45-29/h8-19,32H,6-7,20H2,1-5H3,(H,37,39)/b29-19+/t32-/m0/s1. The van der Waals surface area contributed by atoms with Gasteiger partial charge in [0, 0.05) is 5.69 Å². The molecule has 0 unspecified atom stereocenters. The molecule has 232 valence electrons. The van der Waals surface area contributed by atoms with Gasteiger partial charge in [-0.2, -0.15) is 0 Å². The molecule has 10 heteroatoms. The van der Waals surface area contributed by atoms with Crippen molar-refractivity contribution in [3.8, 4) is 11.5 Å². The number of amides is 1. The summed E-state index contributed by atoms with van der Waals surface area (Å²) < 4.78 is 19.0. The summed E-state index contributed by atoms with van der Waals surface area (Å²) in [5.74, 6) is 0.0546. The molecule has 45 heavy (non-hydrogen) atoms. The second-order valence-corrected chi connectivity index (χ2v) is 11.6. The van der Waals surface area contributed by atoms with Crippen molar-refractivity contribution in [1.29, 1.82) is 0 Å². The van der Waals surface area contributed by atoms with Crippen LogP contribution in [0.2, 0.25) is 0 Å². The third-order valence-electron chi connectivity index (χ3n) is 7.17. The van der Waals surface area contributed by atoms with Crippen LogP contribution in [0.25, 0.3) is 6.08 Å². The molecule has 1 aliphatic rings. The largest absolute Gasteiger partial charge is 0.490 e. The molecule has 0 radical (unpaired) electrons. The fourth-order valence-electron chi connectivity index (χ4n) is 4.99. The summed E-state index contributed by atoms with van der Waals surface area (Å²) in [6.45, 7) is 9.71. The smallest absolute Gasteiger partial charge is 0.338 e. The SMILES string of the molecule is CCOC(=O)C1=C(C)N=c2s/c(=C/c3ccc(OCC(=O)Nc4ccc(C)cc4)c(OCC)c3)c(=O)n2[C@H]1c1ccc(C)cc1. The number of allylic oxidation sites excluding steroid dienone is 1. The molecule has 0 saturated carbocycles. The molecule has 4 aromatic rings. The van der Waals surface area contributed by atoms with Crippen LogP contribution in [0.15, 0.2) is 87.8 Å². The van der Waals surface area contributed by atoms with Crippen molar-refractivity contribution in [2.24, 2.45) is 4.99 Å². The second kappa shape index (κ2) is 13.8. The van der Waals surface area contributed by atoms with Gasteiger partial charge in [-0.3, -0.25) is 14.2 Å². The lowest BCUT2D eigenvalue weighted by Crippen LogP contribution is -2.39. The molecular formula is C35H35N3O6S. The zero-order chi connectivity index (χ0) is 32.1. The Morgan fingerprint density at radius 1 is 0.911 bits per heavy atom. The van der Waals surface area contributed by atoms with E-state index in [1.807, 2.05) is 69.3 Å². The van der Waals surface area contributed by atoms with Gasteiger partial charge in [0.05, 0.1) is 35.1 Å². The van der Waals surface area contributed by atoms with E-state index in [9.17, 15) is 14.4 Å². The van der Waals surface area contributed by atoms with Gasteiger partial charge in [-0.05, 0) is 76.1 Å². The minimum absolute atomic E-state index is 0.201. The highest BCUT2D eigenvalue weighted by Gasteiger charge is 2.33. The third kappa shape index (κ3) is 7.07. The van der Waals surface area contributed by atoms with Gasteiger partial charge in [0.25, 0.3) is 11.5 Å². The molecule has 0 spiro atoms. The van der Waals surface area contributed by atoms with Crippen LogP contribution in [0.1, 0.15) is 49.1 Å². The van der Waals surface area contributed by atoms with Gasteiger partial charge in [0.1, 0.15) is 0 Å². The average Bonchev–Trinajstić information content (AvgIpc) is 3.31. The van der Waals surface area contributed by atoms with E-state index < -0.39 is 12.0 Å². The topological polar surface area (TPSA) is 108 Å². The number of ether oxygens (including phenoxy) is 3. The van der Waals surface area contributed by atoms with Crippen LogP contribution in [0.3, 0.4) is 0 Å². The molecule has 1 N–H and O–H groups in total. The second-order valence-electron chi connectivity index (χ2n) is 10.6. The van der Waals surface area contributed by atoms with Crippen molar-refractivity contribution in [2.45, 2.75) is 40.7 Å². The predicted molar refractivity (Wildman–Crippen MR) is 174 cm³/mol. The Morgan fingerprint density at radius 3 is 2.27 bits per heavy atom. The molecule has 1 amide bonds. The maximum Gasteiger partial charge on any atom is 0.338 e. The molecule has 5 rings (SSSR count). The van der Waals surface area contributed by atoms with E-state index in [-0.39, 0.29) is 24.7 Å². The Bertz CT molecular complexity index is 1940. The predicted octanol–water partition coefficient (Wildman–Crippen LogP) is 4.83. The molecule has 9 nitrogen and oxygen atoms in total. The highest BCUT2D eigenvalue weighted by atomic mass is 32.1. The number of esters is 1. The van der Waals surface area contributed by atoms with Crippen molar-refractivity contribution < 1.29 is 23.8 Å². The number of nitrogens with zero attached hydrogens (tertiary/aromatic N) is 2. The molecule has 1 atom stereocenters. The lowest BCUT2D eigenvalue weighted by Gasteiger charge is -2.24. The molecule has 0 saturated heterocycles. The number of thiazole rings is 1. The number of hydrogen-bond acceptors (Lipinski definition) is 8. The minimum atomic E-state index is -0.677. The van der Waals surface area contributed by atoms with E-state index >= 15 is 0 Å². The summed E-state index contributed by atoms with van der Waals surface area (Å²) in [7, 11) is 0. The van der Waals surface area contributed by atoms with Crippen LogP contribution < -0.4 is 29.7 Å². The summed E-state index contributed by atoms with van der Waals surface area (Å²) in [5, 5.41) is 2.82. The fourth-order valence-corrected chi connectivity index (χ4v) is 6.03. The Labute approximate surface area is 265 Å². The van der Waals surface area contributed by atoms with E-state index in [4.69, 9.17) is 14.2 Å². The Morgan fingerprint density at radius 2 is 1.60 bits per heavy atom. The number of aryl methyl sites for hydroxylation is 2. The average molecular weight is 626 g/mol. The number of carbonyl (C=O) groups excluding carboxylic acids is 2. The molecule has 1 aliphatic heterocycles. The molecule has 2 heterocycles. The van der Waals surface area contributed by atoms with E-state index in [1.165, 1.54) is 11.3 Å². The summed E-state index contributed by atoms with van der Waals surface area (Å²) in [4.78, 5) is 44.7. The van der Waals surface area contributed by atoms with Crippen molar-refractivity contribution in [1.82, 2.24) is 4.57 Å². The van der Waals surface area contributed by atoms with Crippen LogP contribution >= 0.6 is 11.3 Å². The molecule has 0 aliphatic carbocycles. The Hall–Kier alpha value is -4.96. The lowest BCUT2D eigenvalue weighted by molar-refractivity contribution is -0.139. The van der Waals surface area contributed by atoms with Gasteiger partial charge in [-0.1, -0.05) is 64.9 Å². The zero-order valence-electron chi connectivity index (χ0n) is 25.9. The van der Waals surface area contributed by atoms with Crippen LogP contribution in [0.4, 0.5) is 5.69 Å². The fraction of sp³-hybridized carbons (Fsp3) is 0.257. The zero-order valence-corrected chi connectivity index (χ0v) is 26.7. The van der Waals surface area contributed by atoms with Crippen LogP contribution in [-0.4, -0.2) is 36.3 Å². The van der Waals surface area contributed by atoms with Crippen LogP contribution in [0, 0.1) is 13.8 Å². The molecular weight excluding hydrogens is 590 g/mol. The number of rotatable bonds is 10. The van der Waals surface area contributed by atoms with E-state index in [0.29, 0.717) is 50.0 Å². The van der Waals surface area contributed by atoms with Crippen molar-refractivity contribution >= 4 is 35.0 Å². The first-order chi connectivity index (χ1) is 21.7. The monoisotopic (exact) mass is 625 g/mol. The van der Waals surface area contributed by atoms with Gasteiger partial charge in [-0.15, -0.1) is 0 Å². The van der Waals surface area contributed by atoms with E-state index in [0.717, 1.165) is 16.7 Å². The van der Waals surface area contributed by atoms with Crippen LogP contribution in [-0.2, 0) is 14.3 Å². The third-order valence-corrected chi connectivity index (χ3v) is 8.15. The summed E-state index contributed by atoms with van der Waals surface area (Å²) in [6, 6.07) is 19.8. The first-order valence-corrected chi connectivity index (χ1v) is 15.5. The maximum atomic E-state index is 13.9. The summed E-state index contributed by atoms with van der Waals surface area (Å²) >= 11 is 1.25. The first-order valence-electron chi connectivity index (χ1n) is 14.7. The number of fused-ring (bicyclic) bond motifs is 1. The van der Waals surface area contributed by atoms with Crippen molar-refractivity contribution in [2.75, 3.05) is 25.1 Å². The normalized spacial score (nSPS) is 14.4. The van der Waals surface area contributed by atoms with Gasteiger partial charge >= 0.3 is 5.97 Å². The van der Waals surface area contributed by atoms with Crippen LogP contribution in [0.5, 0.6) is 11.5 Å². The van der Waals surface area contributed by atoms with Crippen molar-refractivity contribution in [3.05, 3.63) is 120 Å². The lowest BCUT2D eigenvalue weighted by atomic mass is 9.95. The Balaban J connectivity index is 1.47. The number of anilines is 1. The quantitative estimate of drug-likeness (QED) is 0.253. The molecule has 3 aromatic carbocycles. The number of benzene rings is 3. The van der Waals surface area contributed by atoms with Gasteiger partial charge in [-0.25, -0.2) is 9.79 Å². The number of aromatic nitrogens is 1.